The van der Waals surface area contributed by atoms with Gasteiger partial charge in [-0.05, 0) is 12.0 Å². The van der Waals surface area contributed by atoms with Gasteiger partial charge in [0.05, 0.1) is 5.94 Å². The molecule has 3 N–H and O–H groups in total. The number of aliphatic hydroxyl groups excluding tert-OH is 1. The molecule has 1 unspecified atom stereocenters. The van der Waals surface area contributed by atoms with Gasteiger partial charge in [0.2, 0.25) is 5.91 Å². The number of esters is 1. The molecule has 1 aromatic rings. The smallest absolute Gasteiger partial charge is 0.534 e. The van der Waals surface area contributed by atoms with Crippen LogP contribution in [0.1, 0.15) is 37.2 Å². The summed E-state index contributed by atoms with van der Waals surface area (Å²) in [7, 11) is -1.29. The van der Waals surface area contributed by atoms with Gasteiger partial charge < -0.3 is 29.6 Å². The molecule has 8 nitrogen and oxygen atoms in total. The molecule has 2 rings (SSSR count). The van der Waals surface area contributed by atoms with E-state index in [1.165, 1.54) is 6.92 Å². The average Bonchev–Trinajstić information content (AvgIpc) is 2.59. The Labute approximate surface area is 151 Å². The van der Waals surface area contributed by atoms with Crippen molar-refractivity contribution in [1.29, 1.82) is 0 Å². The molecule has 1 heterocycles. The molecule has 0 spiro atoms. The highest BCUT2D eigenvalue weighted by molar-refractivity contribution is 6.46. The van der Waals surface area contributed by atoms with Crippen LogP contribution < -0.4 is 9.97 Å². The average molecular weight is 361 g/mol. The molecule has 26 heavy (non-hydrogen) atoms. The Morgan fingerprint density at radius 3 is 3.00 bits per heavy atom. The van der Waals surface area contributed by atoms with Crippen molar-refractivity contribution in [2.45, 2.75) is 38.4 Å². The van der Waals surface area contributed by atoms with Gasteiger partial charge in [-0.3, -0.25) is 9.59 Å². The van der Waals surface area contributed by atoms with Gasteiger partial charge in [0.15, 0.2) is 13.1 Å². The Kier molecular flexibility index (Phi) is 7.03. The van der Waals surface area contributed by atoms with Crippen molar-refractivity contribution >= 4 is 19.0 Å². The van der Waals surface area contributed by atoms with Crippen LogP contribution in [0.15, 0.2) is 18.2 Å². The predicted octanol–water partition coefficient (Wildman–Crippen LogP) is 0.0675. The molecule has 2 atom stereocenters. The molecular weight excluding hydrogens is 341 g/mol. The SMILES string of the molecule is C#CCCC(=O)N[C@H]1Cc2cccc(C(O)OCOC(C)=O)c2OB1O. The minimum Gasteiger partial charge on any atom is -0.534 e. The molecule has 0 aromatic heterocycles. The van der Waals surface area contributed by atoms with E-state index in [2.05, 4.69) is 16.0 Å². The Hall–Kier alpha value is -2.54. The largest absolute Gasteiger partial charge is 0.547 e. The van der Waals surface area contributed by atoms with Crippen LogP contribution >= 0.6 is 0 Å². The molecule has 1 aliphatic heterocycles. The number of carbonyl (C=O) groups excluding carboxylic acids is 2. The number of ether oxygens (including phenoxy) is 2. The maximum atomic E-state index is 11.8. The summed E-state index contributed by atoms with van der Waals surface area (Å²) < 4.78 is 15.1. The molecule has 138 valence electrons. The number of nitrogens with one attached hydrogen (secondary N) is 1. The van der Waals surface area contributed by atoms with E-state index in [1.54, 1.807) is 18.2 Å². The third-order valence-electron chi connectivity index (χ3n) is 3.75. The number of amides is 1. The number of carbonyl (C=O) groups is 2. The normalized spacial score (nSPS) is 16.7. The maximum Gasteiger partial charge on any atom is 0.547 e. The molecule has 1 aliphatic rings. The minimum atomic E-state index is -1.40. The fraction of sp³-hybridized carbons (Fsp3) is 0.412. The van der Waals surface area contributed by atoms with E-state index in [-0.39, 0.29) is 23.6 Å². The Balaban J connectivity index is 2.06. The molecule has 0 aliphatic carbocycles. The number of terminal acetylenes is 1. The summed E-state index contributed by atoms with van der Waals surface area (Å²) in [5, 5.41) is 23.0. The molecule has 0 saturated heterocycles. The summed E-state index contributed by atoms with van der Waals surface area (Å²) >= 11 is 0. The summed E-state index contributed by atoms with van der Waals surface area (Å²) in [5.41, 5.74) is 0.969. The van der Waals surface area contributed by atoms with Crippen LogP contribution in [0, 0.1) is 12.3 Å². The molecule has 1 aromatic carbocycles. The summed E-state index contributed by atoms with van der Waals surface area (Å²) in [5.74, 6) is 1.19. The van der Waals surface area contributed by atoms with Gasteiger partial charge in [-0.15, -0.1) is 12.3 Å². The highest BCUT2D eigenvalue weighted by Gasteiger charge is 2.37. The van der Waals surface area contributed by atoms with E-state index in [0.717, 1.165) is 0 Å². The summed E-state index contributed by atoms with van der Waals surface area (Å²) in [6, 6.07) is 5.00. The maximum absolute atomic E-state index is 11.8. The second kappa shape index (κ2) is 9.24. The van der Waals surface area contributed by atoms with E-state index in [9.17, 15) is 19.7 Å². The van der Waals surface area contributed by atoms with Gasteiger partial charge in [0.25, 0.3) is 0 Å². The predicted molar refractivity (Wildman–Crippen MR) is 91.4 cm³/mol. The lowest BCUT2D eigenvalue weighted by Crippen LogP contribution is -2.53. The summed E-state index contributed by atoms with van der Waals surface area (Å²) in [6.07, 6.45) is 4.50. The van der Waals surface area contributed by atoms with Crippen molar-refractivity contribution in [3.05, 3.63) is 29.3 Å². The van der Waals surface area contributed by atoms with E-state index >= 15 is 0 Å². The lowest BCUT2D eigenvalue weighted by molar-refractivity contribution is -0.184. The fourth-order valence-corrected chi connectivity index (χ4v) is 2.50. The van der Waals surface area contributed by atoms with Crippen LogP contribution in [-0.2, 0) is 25.5 Å². The molecule has 0 saturated carbocycles. The number of fused-ring (bicyclic) bond motifs is 1. The third-order valence-corrected chi connectivity index (χ3v) is 3.75. The van der Waals surface area contributed by atoms with E-state index in [0.29, 0.717) is 18.4 Å². The number of rotatable bonds is 7. The first-order valence-corrected chi connectivity index (χ1v) is 8.04. The Morgan fingerprint density at radius 1 is 1.54 bits per heavy atom. The van der Waals surface area contributed by atoms with Gasteiger partial charge >= 0.3 is 13.1 Å². The van der Waals surface area contributed by atoms with Gasteiger partial charge in [-0.2, -0.15) is 0 Å². The molecule has 1 amide bonds. The Morgan fingerprint density at radius 2 is 2.31 bits per heavy atom. The second-order valence-electron chi connectivity index (χ2n) is 5.70. The van der Waals surface area contributed by atoms with Crippen LogP contribution in [-0.4, -0.2) is 41.9 Å². The van der Waals surface area contributed by atoms with E-state index in [1.807, 2.05) is 0 Å². The first-order valence-electron chi connectivity index (χ1n) is 8.04. The highest BCUT2D eigenvalue weighted by atomic mass is 16.7. The van der Waals surface area contributed by atoms with Crippen LogP contribution in [0.5, 0.6) is 5.75 Å². The molecule has 9 heteroatoms. The zero-order chi connectivity index (χ0) is 19.1. The van der Waals surface area contributed by atoms with E-state index < -0.39 is 32.1 Å². The van der Waals surface area contributed by atoms with E-state index in [4.69, 9.17) is 15.8 Å². The highest BCUT2D eigenvalue weighted by Crippen LogP contribution is 2.34. The first kappa shape index (κ1) is 19.8. The molecular formula is C17H20BNO7. The Bertz CT molecular complexity index is 703. The molecule has 0 fully saturated rings. The van der Waals surface area contributed by atoms with Crippen molar-refractivity contribution in [3.63, 3.8) is 0 Å². The standard InChI is InChI=1S/C17H20BNO7/c1-3-4-8-15(21)19-14-9-12-6-5-7-13(16(12)26-18(14)23)17(22)25-10-24-11(2)20/h1,5-7,14,17,22-23H,4,8-10H2,2H3,(H,19,21)/t14-,17?/m0/s1. The lowest BCUT2D eigenvalue weighted by atomic mass is 9.72. The topological polar surface area (TPSA) is 114 Å². The lowest BCUT2D eigenvalue weighted by Gasteiger charge is -2.30. The van der Waals surface area contributed by atoms with Crippen LogP contribution in [0.3, 0.4) is 0 Å². The van der Waals surface area contributed by atoms with Crippen molar-refractivity contribution in [2.75, 3.05) is 6.79 Å². The van der Waals surface area contributed by atoms with Crippen molar-refractivity contribution < 1.29 is 33.8 Å². The summed E-state index contributed by atoms with van der Waals surface area (Å²) in [6.45, 7) is 0.800. The number of benzene rings is 1. The zero-order valence-corrected chi connectivity index (χ0v) is 14.3. The summed E-state index contributed by atoms with van der Waals surface area (Å²) in [4.78, 5) is 22.5. The third kappa shape index (κ3) is 5.23. The number of aliphatic hydroxyl groups is 1. The van der Waals surface area contributed by atoms with Crippen molar-refractivity contribution in [1.82, 2.24) is 5.32 Å². The van der Waals surface area contributed by atoms with Crippen molar-refractivity contribution in [2.24, 2.45) is 0 Å². The van der Waals surface area contributed by atoms with Crippen LogP contribution in [0.2, 0.25) is 0 Å². The zero-order valence-electron chi connectivity index (χ0n) is 14.3. The first-order chi connectivity index (χ1) is 12.4. The number of hydrogen-bond acceptors (Lipinski definition) is 7. The van der Waals surface area contributed by atoms with Gasteiger partial charge in [0, 0.05) is 25.3 Å². The quantitative estimate of drug-likeness (QED) is 0.272. The number of para-hydroxylation sites is 1. The van der Waals surface area contributed by atoms with Crippen molar-refractivity contribution in [3.8, 4) is 18.1 Å². The molecule has 0 bridgehead atoms. The van der Waals surface area contributed by atoms with Gasteiger partial charge in [-0.1, -0.05) is 18.2 Å². The monoisotopic (exact) mass is 361 g/mol. The van der Waals surface area contributed by atoms with Crippen LogP contribution in [0.4, 0.5) is 0 Å². The fourth-order valence-electron chi connectivity index (χ4n) is 2.50. The second-order valence-corrected chi connectivity index (χ2v) is 5.70. The van der Waals surface area contributed by atoms with Gasteiger partial charge in [0.1, 0.15) is 5.75 Å². The van der Waals surface area contributed by atoms with Crippen LogP contribution in [0.25, 0.3) is 0 Å². The minimum absolute atomic E-state index is 0.162. The van der Waals surface area contributed by atoms with Gasteiger partial charge in [-0.25, -0.2) is 0 Å². The molecule has 0 radical (unpaired) electrons. The number of hydrogen-bond donors (Lipinski definition) is 3.